The summed E-state index contributed by atoms with van der Waals surface area (Å²) in [6, 6.07) is 4.76. The van der Waals surface area contributed by atoms with Crippen LogP contribution in [-0.2, 0) is 6.54 Å². The van der Waals surface area contributed by atoms with Gasteiger partial charge >= 0.3 is 5.97 Å². The van der Waals surface area contributed by atoms with Crippen LogP contribution >= 0.6 is 11.8 Å². The molecule has 6 nitrogen and oxygen atoms in total. The monoisotopic (exact) mass is 310 g/mol. The quantitative estimate of drug-likeness (QED) is 0.680. The van der Waals surface area contributed by atoms with Crippen molar-refractivity contribution in [3.05, 3.63) is 39.4 Å². The molecule has 0 aromatic heterocycles. The Hall–Kier alpha value is -1.60. The molecule has 1 aromatic rings. The number of thioether (sulfide) groups is 1. The molecule has 1 fully saturated rings. The molecule has 0 amide bonds. The van der Waals surface area contributed by atoms with Crippen LogP contribution in [0.3, 0.4) is 0 Å². The van der Waals surface area contributed by atoms with Gasteiger partial charge in [0.05, 0.1) is 4.92 Å². The number of benzene rings is 1. The molecule has 114 valence electrons. The van der Waals surface area contributed by atoms with Gasteiger partial charge in [-0.3, -0.25) is 15.0 Å². The summed E-state index contributed by atoms with van der Waals surface area (Å²) in [6.07, 6.45) is 0. The highest BCUT2D eigenvalue weighted by molar-refractivity contribution is 8.00. The van der Waals surface area contributed by atoms with Crippen LogP contribution in [0, 0.1) is 10.1 Å². The first kappa shape index (κ1) is 15.8. The summed E-state index contributed by atoms with van der Waals surface area (Å²) in [5.74, 6) is -0.257. The summed E-state index contributed by atoms with van der Waals surface area (Å²) in [5, 5.41) is 20.8. The third-order valence-electron chi connectivity index (χ3n) is 3.93. The second kappa shape index (κ2) is 6.44. The van der Waals surface area contributed by atoms with Gasteiger partial charge in [0.2, 0.25) is 0 Å². The molecular weight excluding hydrogens is 292 g/mol. The van der Waals surface area contributed by atoms with E-state index in [1.54, 1.807) is 12.1 Å². The van der Waals surface area contributed by atoms with Crippen molar-refractivity contribution in [1.29, 1.82) is 0 Å². The number of nitro groups is 1. The molecule has 2 rings (SSSR count). The molecule has 2 unspecified atom stereocenters. The van der Waals surface area contributed by atoms with Gasteiger partial charge in [-0.2, -0.15) is 11.8 Å². The van der Waals surface area contributed by atoms with E-state index in [0.29, 0.717) is 23.4 Å². The standard InChI is InChI=1S/C14H18N2O4S/c1-9-10(2)21-7-6-15(9)8-11-4-3-5-12(16(19)20)13(11)14(17)18/h3-5,9-10H,6-8H2,1-2H3,(H,17,18). The average Bonchev–Trinajstić information content (AvgIpc) is 2.43. The number of rotatable bonds is 4. The minimum absolute atomic E-state index is 0.194. The minimum Gasteiger partial charge on any atom is -0.477 e. The van der Waals surface area contributed by atoms with Crippen molar-refractivity contribution >= 4 is 23.4 Å². The number of nitro benzene ring substituents is 1. The first-order chi connectivity index (χ1) is 9.91. The number of carbonyl (C=O) groups is 1. The molecule has 1 N–H and O–H groups in total. The predicted octanol–water partition coefficient (Wildman–Crippen LogP) is 2.62. The number of nitrogens with zero attached hydrogens (tertiary/aromatic N) is 2. The zero-order chi connectivity index (χ0) is 15.6. The molecule has 2 atom stereocenters. The minimum atomic E-state index is -1.25. The zero-order valence-corrected chi connectivity index (χ0v) is 12.8. The van der Waals surface area contributed by atoms with Crippen LogP contribution < -0.4 is 0 Å². The predicted molar refractivity (Wildman–Crippen MR) is 81.8 cm³/mol. The third kappa shape index (κ3) is 3.36. The van der Waals surface area contributed by atoms with Crippen LogP contribution in [0.1, 0.15) is 29.8 Å². The lowest BCUT2D eigenvalue weighted by atomic mass is 10.0. The van der Waals surface area contributed by atoms with E-state index >= 15 is 0 Å². The van der Waals surface area contributed by atoms with Gasteiger partial charge < -0.3 is 5.11 Å². The molecule has 1 aliphatic heterocycles. The van der Waals surface area contributed by atoms with Crippen molar-refractivity contribution in [2.75, 3.05) is 12.3 Å². The van der Waals surface area contributed by atoms with Crippen molar-refractivity contribution in [3.63, 3.8) is 0 Å². The topological polar surface area (TPSA) is 83.7 Å². The molecule has 0 spiro atoms. The number of hydrogen-bond acceptors (Lipinski definition) is 5. The van der Waals surface area contributed by atoms with Gasteiger partial charge in [0.25, 0.3) is 5.69 Å². The Bertz CT molecular complexity index is 564. The Labute approximate surface area is 127 Å². The normalized spacial score (nSPS) is 23.0. The molecule has 0 aliphatic carbocycles. The van der Waals surface area contributed by atoms with E-state index in [-0.39, 0.29) is 11.3 Å². The molecule has 1 saturated heterocycles. The first-order valence-corrected chi connectivity index (χ1v) is 7.82. The molecule has 0 bridgehead atoms. The van der Waals surface area contributed by atoms with E-state index in [9.17, 15) is 20.0 Å². The molecule has 1 heterocycles. The molecule has 0 radical (unpaired) electrons. The lowest BCUT2D eigenvalue weighted by Crippen LogP contribution is -2.44. The van der Waals surface area contributed by atoms with Gasteiger partial charge in [0, 0.05) is 36.2 Å². The van der Waals surface area contributed by atoms with E-state index in [4.69, 9.17) is 0 Å². The Kier molecular flexibility index (Phi) is 4.84. The fraction of sp³-hybridized carbons (Fsp3) is 0.500. The highest BCUT2D eigenvalue weighted by Gasteiger charge is 2.29. The number of carboxylic acids is 1. The lowest BCUT2D eigenvalue weighted by molar-refractivity contribution is -0.385. The van der Waals surface area contributed by atoms with Crippen LogP contribution in [0.4, 0.5) is 5.69 Å². The summed E-state index contributed by atoms with van der Waals surface area (Å²) in [7, 11) is 0. The highest BCUT2D eigenvalue weighted by atomic mass is 32.2. The number of aromatic carboxylic acids is 1. The van der Waals surface area contributed by atoms with Gasteiger partial charge in [-0.1, -0.05) is 19.1 Å². The van der Waals surface area contributed by atoms with Gasteiger partial charge in [-0.15, -0.1) is 0 Å². The first-order valence-electron chi connectivity index (χ1n) is 6.77. The van der Waals surface area contributed by atoms with Crippen LogP contribution in [0.25, 0.3) is 0 Å². The maximum absolute atomic E-state index is 11.4. The summed E-state index contributed by atoms with van der Waals surface area (Å²) < 4.78 is 0. The fourth-order valence-electron chi connectivity index (χ4n) is 2.55. The lowest BCUT2D eigenvalue weighted by Gasteiger charge is -2.37. The zero-order valence-electron chi connectivity index (χ0n) is 12.0. The maximum atomic E-state index is 11.4. The van der Waals surface area contributed by atoms with Gasteiger partial charge in [0.15, 0.2) is 0 Å². The van der Waals surface area contributed by atoms with Crippen LogP contribution in [0.2, 0.25) is 0 Å². The van der Waals surface area contributed by atoms with Crippen molar-refractivity contribution < 1.29 is 14.8 Å². The third-order valence-corrected chi connectivity index (χ3v) is 5.27. The van der Waals surface area contributed by atoms with Gasteiger partial charge in [-0.05, 0) is 12.5 Å². The second-order valence-corrected chi connectivity index (χ2v) is 6.65. The Morgan fingerprint density at radius 3 is 2.86 bits per heavy atom. The van der Waals surface area contributed by atoms with Crippen molar-refractivity contribution in [3.8, 4) is 0 Å². The largest absolute Gasteiger partial charge is 0.477 e. The smallest absolute Gasteiger partial charge is 0.343 e. The Morgan fingerprint density at radius 1 is 1.52 bits per heavy atom. The van der Waals surface area contributed by atoms with Gasteiger partial charge in [0.1, 0.15) is 5.56 Å². The van der Waals surface area contributed by atoms with Crippen LogP contribution in [0.15, 0.2) is 18.2 Å². The molecule has 0 saturated carbocycles. The fourth-order valence-corrected chi connectivity index (χ4v) is 3.72. The summed E-state index contributed by atoms with van der Waals surface area (Å²) >= 11 is 1.89. The van der Waals surface area contributed by atoms with E-state index < -0.39 is 10.9 Å². The average molecular weight is 310 g/mol. The summed E-state index contributed by atoms with van der Waals surface area (Å²) in [4.78, 5) is 24.0. The molecule has 1 aliphatic rings. The Balaban J connectivity index is 2.33. The van der Waals surface area contributed by atoms with Gasteiger partial charge in [-0.25, -0.2) is 4.79 Å². The van der Waals surface area contributed by atoms with E-state index in [2.05, 4.69) is 18.7 Å². The molecular formula is C14H18N2O4S. The number of hydrogen-bond donors (Lipinski definition) is 1. The van der Waals surface area contributed by atoms with E-state index in [1.165, 1.54) is 6.07 Å². The second-order valence-electron chi connectivity index (χ2n) is 5.16. The SMILES string of the molecule is CC1SCCN(Cc2cccc([N+](=O)[O-])c2C(=O)O)C1C. The van der Waals surface area contributed by atoms with Crippen molar-refractivity contribution in [2.45, 2.75) is 31.7 Å². The highest BCUT2D eigenvalue weighted by Crippen LogP contribution is 2.28. The summed E-state index contributed by atoms with van der Waals surface area (Å²) in [6.45, 7) is 5.54. The van der Waals surface area contributed by atoms with Crippen LogP contribution in [-0.4, -0.2) is 44.5 Å². The van der Waals surface area contributed by atoms with Crippen molar-refractivity contribution in [1.82, 2.24) is 4.90 Å². The maximum Gasteiger partial charge on any atom is 0.343 e. The van der Waals surface area contributed by atoms with E-state index in [1.807, 2.05) is 11.8 Å². The van der Waals surface area contributed by atoms with Crippen LogP contribution in [0.5, 0.6) is 0 Å². The van der Waals surface area contributed by atoms with Crippen molar-refractivity contribution in [2.24, 2.45) is 0 Å². The summed E-state index contributed by atoms with van der Waals surface area (Å²) in [5.41, 5.74) is -0.0321. The molecule has 7 heteroatoms. The molecule has 21 heavy (non-hydrogen) atoms. The van der Waals surface area contributed by atoms with E-state index in [0.717, 1.165) is 12.3 Å². The number of carboxylic acid groups (broad SMARTS) is 1. The Morgan fingerprint density at radius 2 is 2.24 bits per heavy atom. The molecule has 1 aromatic carbocycles.